The molecular weight excluding hydrogens is 230 g/mol. The summed E-state index contributed by atoms with van der Waals surface area (Å²) in [6, 6.07) is 6.22. The van der Waals surface area contributed by atoms with Crippen LogP contribution in [0.2, 0.25) is 0 Å². The van der Waals surface area contributed by atoms with Crippen LogP contribution in [0.4, 0.5) is 0 Å². The molecule has 2 N–H and O–H groups in total. The molecule has 0 saturated heterocycles. The lowest BCUT2D eigenvalue weighted by molar-refractivity contribution is 0.286. The second kappa shape index (κ2) is 4.78. The summed E-state index contributed by atoms with van der Waals surface area (Å²) in [5, 5.41) is 3.70. The molecule has 18 heavy (non-hydrogen) atoms. The Morgan fingerprint density at radius 1 is 1.44 bits per heavy atom. The minimum absolute atomic E-state index is 0.127. The topological polar surface area (TPSA) is 74.2 Å². The van der Waals surface area contributed by atoms with Crippen molar-refractivity contribution >= 4 is 0 Å². The molecule has 2 aromatic rings. The Kier molecular flexibility index (Phi) is 2.98. The third-order valence-corrected chi connectivity index (χ3v) is 3.25. The lowest BCUT2D eigenvalue weighted by Gasteiger charge is -2.22. The monoisotopic (exact) mass is 245 g/mol. The SMILES string of the molecule is N[C@@H]1CCCc2ccc(OCc3ncon3)cc21. The normalized spacial score (nSPS) is 18.4. The largest absolute Gasteiger partial charge is 0.485 e. The zero-order chi connectivity index (χ0) is 12.4. The predicted octanol–water partition coefficient (Wildman–Crippen LogP) is 1.98. The molecule has 1 heterocycles. The summed E-state index contributed by atoms with van der Waals surface area (Å²) in [5.74, 6) is 1.34. The third kappa shape index (κ3) is 2.22. The highest BCUT2D eigenvalue weighted by Crippen LogP contribution is 2.30. The minimum Gasteiger partial charge on any atom is -0.485 e. The van der Waals surface area contributed by atoms with E-state index >= 15 is 0 Å². The van der Waals surface area contributed by atoms with Crippen LogP contribution in [0.15, 0.2) is 29.1 Å². The molecule has 0 spiro atoms. The molecule has 5 heteroatoms. The first kappa shape index (κ1) is 11.2. The van der Waals surface area contributed by atoms with E-state index in [4.69, 9.17) is 10.5 Å². The number of hydrogen-bond donors (Lipinski definition) is 1. The predicted molar refractivity (Wildman–Crippen MR) is 64.9 cm³/mol. The van der Waals surface area contributed by atoms with Crippen LogP contribution in [0.1, 0.15) is 35.8 Å². The van der Waals surface area contributed by atoms with E-state index in [2.05, 4.69) is 20.7 Å². The van der Waals surface area contributed by atoms with Gasteiger partial charge in [0.05, 0.1) is 0 Å². The summed E-state index contributed by atoms with van der Waals surface area (Å²) < 4.78 is 10.3. The first-order valence-corrected chi connectivity index (χ1v) is 6.09. The summed E-state index contributed by atoms with van der Waals surface area (Å²) in [5.41, 5.74) is 8.65. The number of rotatable bonds is 3. The molecular formula is C13H15N3O2. The van der Waals surface area contributed by atoms with E-state index in [1.165, 1.54) is 17.5 Å². The van der Waals surface area contributed by atoms with Crippen molar-refractivity contribution in [3.05, 3.63) is 41.5 Å². The van der Waals surface area contributed by atoms with Gasteiger partial charge in [0.2, 0.25) is 12.2 Å². The molecule has 0 unspecified atom stereocenters. The van der Waals surface area contributed by atoms with Gasteiger partial charge in [0.1, 0.15) is 5.75 Å². The Hall–Kier alpha value is -1.88. The number of hydrogen-bond acceptors (Lipinski definition) is 5. The van der Waals surface area contributed by atoms with Crippen molar-refractivity contribution < 1.29 is 9.26 Å². The summed E-state index contributed by atoms with van der Waals surface area (Å²) >= 11 is 0. The highest BCUT2D eigenvalue weighted by molar-refractivity contribution is 5.39. The van der Waals surface area contributed by atoms with Crippen molar-refractivity contribution in [2.75, 3.05) is 0 Å². The van der Waals surface area contributed by atoms with Crippen molar-refractivity contribution in [2.45, 2.75) is 31.9 Å². The van der Waals surface area contributed by atoms with Crippen LogP contribution >= 0.6 is 0 Å². The third-order valence-electron chi connectivity index (χ3n) is 3.25. The molecule has 94 valence electrons. The Labute approximate surface area is 105 Å². The molecule has 0 bridgehead atoms. The van der Waals surface area contributed by atoms with Gasteiger partial charge < -0.3 is 15.0 Å². The van der Waals surface area contributed by atoms with Gasteiger partial charge in [-0.3, -0.25) is 0 Å². The van der Waals surface area contributed by atoms with Gasteiger partial charge in [-0.05, 0) is 42.5 Å². The van der Waals surface area contributed by atoms with Crippen molar-refractivity contribution in [3.8, 4) is 5.75 Å². The second-order valence-corrected chi connectivity index (χ2v) is 4.50. The van der Waals surface area contributed by atoms with Crippen LogP contribution < -0.4 is 10.5 Å². The summed E-state index contributed by atoms with van der Waals surface area (Å²) in [6.07, 6.45) is 4.61. The number of aryl methyl sites for hydroxylation is 1. The number of nitrogens with two attached hydrogens (primary N) is 1. The van der Waals surface area contributed by atoms with Crippen molar-refractivity contribution in [1.82, 2.24) is 10.1 Å². The van der Waals surface area contributed by atoms with Crippen LogP contribution in [0, 0.1) is 0 Å². The Balaban J connectivity index is 1.75. The number of benzene rings is 1. The number of ether oxygens (including phenoxy) is 1. The van der Waals surface area contributed by atoms with E-state index in [1.54, 1.807) is 0 Å². The van der Waals surface area contributed by atoms with E-state index in [0.717, 1.165) is 25.0 Å². The van der Waals surface area contributed by atoms with Crippen molar-refractivity contribution in [3.63, 3.8) is 0 Å². The van der Waals surface area contributed by atoms with Crippen LogP contribution in [0.5, 0.6) is 5.75 Å². The van der Waals surface area contributed by atoms with Gasteiger partial charge in [0.25, 0.3) is 0 Å². The molecule has 0 fully saturated rings. The fourth-order valence-electron chi connectivity index (χ4n) is 2.31. The highest BCUT2D eigenvalue weighted by atomic mass is 16.5. The molecule has 1 aromatic carbocycles. The van der Waals surface area contributed by atoms with E-state index in [9.17, 15) is 0 Å². The van der Waals surface area contributed by atoms with Gasteiger partial charge in [-0.25, -0.2) is 0 Å². The maximum absolute atomic E-state index is 6.11. The fourth-order valence-corrected chi connectivity index (χ4v) is 2.31. The molecule has 0 radical (unpaired) electrons. The van der Waals surface area contributed by atoms with Crippen LogP contribution in [-0.2, 0) is 13.0 Å². The van der Waals surface area contributed by atoms with Crippen molar-refractivity contribution in [2.24, 2.45) is 5.73 Å². The average molecular weight is 245 g/mol. The van der Waals surface area contributed by atoms with Gasteiger partial charge in [-0.1, -0.05) is 11.2 Å². The Morgan fingerprint density at radius 2 is 2.39 bits per heavy atom. The molecule has 1 aromatic heterocycles. The van der Waals surface area contributed by atoms with Gasteiger partial charge in [0, 0.05) is 6.04 Å². The van der Waals surface area contributed by atoms with Crippen LogP contribution in [0.3, 0.4) is 0 Å². The Bertz CT molecular complexity index is 525. The minimum atomic E-state index is 0.127. The summed E-state index contributed by atoms with van der Waals surface area (Å²) in [7, 11) is 0. The van der Waals surface area contributed by atoms with Gasteiger partial charge in [0.15, 0.2) is 6.61 Å². The zero-order valence-corrected chi connectivity index (χ0v) is 10.0. The lowest BCUT2D eigenvalue weighted by Crippen LogP contribution is -2.17. The second-order valence-electron chi connectivity index (χ2n) is 4.50. The van der Waals surface area contributed by atoms with Crippen LogP contribution in [0.25, 0.3) is 0 Å². The first-order valence-electron chi connectivity index (χ1n) is 6.09. The molecule has 5 nitrogen and oxygen atoms in total. The highest BCUT2D eigenvalue weighted by Gasteiger charge is 2.17. The molecule has 0 amide bonds. The number of fused-ring (bicyclic) bond motifs is 1. The fraction of sp³-hybridized carbons (Fsp3) is 0.385. The van der Waals surface area contributed by atoms with E-state index in [-0.39, 0.29) is 6.04 Å². The molecule has 1 aliphatic rings. The number of nitrogens with zero attached hydrogens (tertiary/aromatic N) is 2. The zero-order valence-electron chi connectivity index (χ0n) is 10.0. The molecule has 3 rings (SSSR count). The molecule has 0 aliphatic heterocycles. The van der Waals surface area contributed by atoms with E-state index < -0.39 is 0 Å². The Morgan fingerprint density at radius 3 is 3.22 bits per heavy atom. The standard InChI is InChI=1S/C13H15N3O2/c14-12-3-1-2-9-4-5-10(6-11(9)12)17-7-13-15-8-18-16-13/h4-6,8,12H,1-3,7,14H2/t12-/m1/s1. The first-order chi connectivity index (χ1) is 8.83. The van der Waals surface area contributed by atoms with E-state index in [1.807, 2.05) is 12.1 Å². The summed E-state index contributed by atoms with van der Waals surface area (Å²) in [4.78, 5) is 3.91. The van der Waals surface area contributed by atoms with Gasteiger partial charge in [-0.15, -0.1) is 0 Å². The molecule has 1 aliphatic carbocycles. The van der Waals surface area contributed by atoms with Crippen LogP contribution in [-0.4, -0.2) is 10.1 Å². The van der Waals surface area contributed by atoms with Crippen molar-refractivity contribution in [1.29, 1.82) is 0 Å². The molecule has 1 atom stereocenters. The van der Waals surface area contributed by atoms with E-state index in [0.29, 0.717) is 12.4 Å². The smallest absolute Gasteiger partial charge is 0.213 e. The quantitative estimate of drug-likeness (QED) is 0.895. The lowest BCUT2D eigenvalue weighted by atomic mass is 9.88. The maximum Gasteiger partial charge on any atom is 0.213 e. The number of aromatic nitrogens is 2. The van der Waals surface area contributed by atoms with Gasteiger partial charge >= 0.3 is 0 Å². The molecule has 0 saturated carbocycles. The van der Waals surface area contributed by atoms with Gasteiger partial charge in [-0.2, -0.15) is 4.98 Å². The summed E-state index contributed by atoms with van der Waals surface area (Å²) in [6.45, 7) is 0.310. The maximum atomic E-state index is 6.11. The average Bonchev–Trinajstić information content (AvgIpc) is 2.90.